The van der Waals surface area contributed by atoms with Crippen molar-refractivity contribution in [3.05, 3.63) is 48.0 Å². The summed E-state index contributed by atoms with van der Waals surface area (Å²) in [6.07, 6.45) is -3.84. The van der Waals surface area contributed by atoms with E-state index in [1.807, 2.05) is 24.3 Å². The second kappa shape index (κ2) is 8.47. The number of para-hydroxylation sites is 1. The molecule has 0 bridgehead atoms. The predicted octanol–water partition coefficient (Wildman–Crippen LogP) is 4.82. The Kier molecular flexibility index (Phi) is 6.03. The number of nitrogens with one attached hydrogen (secondary N) is 1. The molecule has 28 heavy (non-hydrogen) atoms. The van der Waals surface area contributed by atoms with Crippen molar-refractivity contribution in [2.24, 2.45) is 0 Å². The number of halogens is 3. The molecule has 1 aromatic heterocycles. The zero-order chi connectivity index (χ0) is 20.1. The van der Waals surface area contributed by atoms with Gasteiger partial charge in [-0.3, -0.25) is 4.79 Å². The minimum absolute atomic E-state index is 0.00232. The van der Waals surface area contributed by atoms with Gasteiger partial charge < -0.3 is 14.8 Å². The Labute approximate surface area is 163 Å². The number of anilines is 1. The van der Waals surface area contributed by atoms with Crippen LogP contribution in [0.1, 0.15) is 12.0 Å². The molecular formula is C19H17F3N2O3S. The van der Waals surface area contributed by atoms with Crippen LogP contribution in [-0.4, -0.2) is 30.8 Å². The summed E-state index contributed by atoms with van der Waals surface area (Å²) in [6, 6.07) is 12.2. The van der Waals surface area contributed by atoms with Gasteiger partial charge in [-0.2, -0.15) is 13.2 Å². The normalized spacial score (nSPS) is 11.4. The first-order chi connectivity index (χ1) is 13.3. The van der Waals surface area contributed by atoms with Gasteiger partial charge in [0.1, 0.15) is 0 Å². The lowest BCUT2D eigenvalue weighted by atomic mass is 10.1. The lowest BCUT2D eigenvalue weighted by Gasteiger charge is -2.13. The Hall–Kier alpha value is -2.81. The molecule has 2 aromatic carbocycles. The highest BCUT2D eigenvalue weighted by molar-refractivity contribution is 7.22. The Morgan fingerprint density at radius 1 is 1.18 bits per heavy atom. The van der Waals surface area contributed by atoms with Crippen LogP contribution in [0.25, 0.3) is 10.2 Å². The molecular weight excluding hydrogens is 393 g/mol. The molecule has 0 fully saturated rings. The van der Waals surface area contributed by atoms with Gasteiger partial charge in [0, 0.05) is 6.42 Å². The third-order valence-electron chi connectivity index (χ3n) is 3.80. The molecule has 0 aliphatic heterocycles. The fourth-order valence-electron chi connectivity index (χ4n) is 2.51. The quantitative estimate of drug-likeness (QED) is 0.607. The Morgan fingerprint density at radius 3 is 2.68 bits per heavy atom. The Balaban J connectivity index is 1.58. The van der Waals surface area contributed by atoms with E-state index in [1.54, 1.807) is 12.1 Å². The molecule has 1 heterocycles. The lowest BCUT2D eigenvalue weighted by molar-refractivity contribution is -0.153. The van der Waals surface area contributed by atoms with E-state index >= 15 is 0 Å². The molecule has 0 spiro atoms. The molecule has 3 rings (SSSR count). The van der Waals surface area contributed by atoms with E-state index in [-0.39, 0.29) is 23.8 Å². The summed E-state index contributed by atoms with van der Waals surface area (Å²) in [5.74, 6) is -0.00810. The number of thiazole rings is 1. The Morgan fingerprint density at radius 2 is 1.96 bits per heavy atom. The standard InChI is InChI=1S/C19H17F3N2O3S/c1-26-15-10-12(6-8-14(15)27-11-19(20,21)22)7-9-17(25)24-18-23-13-4-2-3-5-16(13)28-18/h2-6,8,10H,7,9,11H2,1H3,(H,23,24,25). The van der Waals surface area contributed by atoms with Crippen LogP contribution < -0.4 is 14.8 Å². The van der Waals surface area contributed by atoms with Crippen molar-refractivity contribution in [3.8, 4) is 11.5 Å². The molecule has 0 radical (unpaired) electrons. The first kappa shape index (κ1) is 19.9. The van der Waals surface area contributed by atoms with Gasteiger partial charge in [-0.1, -0.05) is 29.5 Å². The molecule has 3 aromatic rings. The molecule has 0 unspecified atom stereocenters. The van der Waals surface area contributed by atoms with Crippen molar-refractivity contribution in [2.75, 3.05) is 19.0 Å². The number of carbonyl (C=O) groups excluding carboxylic acids is 1. The molecule has 148 valence electrons. The van der Waals surface area contributed by atoms with Crippen molar-refractivity contribution < 1.29 is 27.4 Å². The number of aromatic nitrogens is 1. The highest BCUT2D eigenvalue weighted by atomic mass is 32.1. The number of nitrogens with zero attached hydrogens (tertiary/aromatic N) is 1. The summed E-state index contributed by atoms with van der Waals surface area (Å²) in [4.78, 5) is 16.5. The number of benzene rings is 2. The number of aryl methyl sites for hydroxylation is 1. The highest BCUT2D eigenvalue weighted by Gasteiger charge is 2.29. The maximum Gasteiger partial charge on any atom is 0.422 e. The topological polar surface area (TPSA) is 60.5 Å². The van der Waals surface area contributed by atoms with Crippen LogP contribution in [0.15, 0.2) is 42.5 Å². The first-order valence-electron chi connectivity index (χ1n) is 8.36. The fourth-order valence-corrected chi connectivity index (χ4v) is 3.39. The van der Waals surface area contributed by atoms with E-state index in [0.29, 0.717) is 11.6 Å². The largest absolute Gasteiger partial charge is 0.493 e. The van der Waals surface area contributed by atoms with E-state index in [0.717, 1.165) is 15.8 Å². The van der Waals surface area contributed by atoms with E-state index in [9.17, 15) is 18.0 Å². The smallest absolute Gasteiger partial charge is 0.422 e. The molecule has 0 atom stereocenters. The van der Waals surface area contributed by atoms with Crippen LogP contribution >= 0.6 is 11.3 Å². The number of hydrogen-bond acceptors (Lipinski definition) is 5. The fraction of sp³-hybridized carbons (Fsp3) is 0.263. The van der Waals surface area contributed by atoms with Crippen molar-refractivity contribution >= 4 is 32.6 Å². The summed E-state index contributed by atoms with van der Waals surface area (Å²) in [5, 5.41) is 3.29. The van der Waals surface area contributed by atoms with Crippen molar-refractivity contribution in [3.63, 3.8) is 0 Å². The number of amides is 1. The summed E-state index contributed by atoms with van der Waals surface area (Å²) in [7, 11) is 1.35. The highest BCUT2D eigenvalue weighted by Crippen LogP contribution is 2.30. The monoisotopic (exact) mass is 410 g/mol. The van der Waals surface area contributed by atoms with Crippen LogP contribution in [0, 0.1) is 0 Å². The van der Waals surface area contributed by atoms with Gasteiger partial charge in [0.15, 0.2) is 23.2 Å². The minimum Gasteiger partial charge on any atom is -0.493 e. The number of methoxy groups -OCH3 is 1. The van der Waals surface area contributed by atoms with E-state index in [2.05, 4.69) is 10.3 Å². The number of ether oxygens (including phenoxy) is 2. The van der Waals surface area contributed by atoms with E-state index in [1.165, 1.54) is 24.5 Å². The number of rotatable bonds is 7. The van der Waals surface area contributed by atoms with Gasteiger partial charge in [-0.25, -0.2) is 4.98 Å². The molecule has 9 heteroatoms. The average Bonchev–Trinajstić information content (AvgIpc) is 3.06. The first-order valence-corrected chi connectivity index (χ1v) is 9.17. The van der Waals surface area contributed by atoms with E-state index < -0.39 is 12.8 Å². The maximum atomic E-state index is 12.3. The van der Waals surface area contributed by atoms with Gasteiger partial charge in [0.05, 0.1) is 17.3 Å². The number of hydrogen-bond donors (Lipinski definition) is 1. The zero-order valence-corrected chi connectivity index (χ0v) is 15.7. The zero-order valence-electron chi connectivity index (χ0n) is 14.9. The third kappa shape index (κ3) is 5.35. The van der Waals surface area contributed by atoms with Gasteiger partial charge in [0.2, 0.25) is 5.91 Å². The van der Waals surface area contributed by atoms with Crippen LogP contribution in [0.3, 0.4) is 0 Å². The molecule has 0 aliphatic carbocycles. The van der Waals surface area contributed by atoms with Crippen molar-refractivity contribution in [2.45, 2.75) is 19.0 Å². The summed E-state index contributed by atoms with van der Waals surface area (Å²) in [6.45, 7) is -1.40. The van der Waals surface area contributed by atoms with Gasteiger partial charge in [-0.05, 0) is 36.2 Å². The SMILES string of the molecule is COc1cc(CCC(=O)Nc2nc3ccccc3s2)ccc1OCC(F)(F)F. The van der Waals surface area contributed by atoms with Crippen molar-refractivity contribution in [1.82, 2.24) is 4.98 Å². The lowest BCUT2D eigenvalue weighted by Crippen LogP contribution is -2.19. The molecule has 5 nitrogen and oxygen atoms in total. The molecule has 0 saturated carbocycles. The predicted molar refractivity (Wildman–Crippen MR) is 101 cm³/mol. The maximum absolute atomic E-state index is 12.3. The minimum atomic E-state index is -4.43. The van der Waals surface area contributed by atoms with Crippen LogP contribution in [0.2, 0.25) is 0 Å². The average molecular weight is 410 g/mol. The van der Waals surface area contributed by atoms with Gasteiger partial charge in [0.25, 0.3) is 0 Å². The number of fused-ring (bicyclic) bond motifs is 1. The van der Waals surface area contributed by atoms with E-state index in [4.69, 9.17) is 9.47 Å². The second-order valence-corrected chi connectivity index (χ2v) is 6.95. The van der Waals surface area contributed by atoms with Crippen LogP contribution in [0.4, 0.5) is 18.3 Å². The summed E-state index contributed by atoms with van der Waals surface area (Å²) in [5.41, 5.74) is 1.57. The van der Waals surface area contributed by atoms with Crippen LogP contribution in [-0.2, 0) is 11.2 Å². The third-order valence-corrected chi connectivity index (χ3v) is 4.75. The Bertz CT molecular complexity index is 939. The summed E-state index contributed by atoms with van der Waals surface area (Å²) < 4.78 is 47.7. The van der Waals surface area contributed by atoms with Crippen molar-refractivity contribution in [1.29, 1.82) is 0 Å². The molecule has 0 saturated heterocycles. The second-order valence-electron chi connectivity index (χ2n) is 5.92. The molecule has 1 amide bonds. The molecule has 1 N–H and O–H groups in total. The summed E-state index contributed by atoms with van der Waals surface area (Å²) >= 11 is 1.39. The van der Waals surface area contributed by atoms with Gasteiger partial charge in [-0.15, -0.1) is 0 Å². The number of carbonyl (C=O) groups is 1. The number of alkyl halides is 3. The van der Waals surface area contributed by atoms with Crippen LogP contribution in [0.5, 0.6) is 11.5 Å². The van der Waals surface area contributed by atoms with Gasteiger partial charge >= 0.3 is 6.18 Å². The molecule has 0 aliphatic rings.